The zero-order valence-electron chi connectivity index (χ0n) is 6.30. The average Bonchev–Trinajstić information content (AvgIpc) is 2.09. The number of rotatable bonds is 2. The smallest absolute Gasteiger partial charge is 0.268 e. The van der Waals surface area contributed by atoms with E-state index in [9.17, 15) is 18.0 Å². The number of carbonyl (C=O) groups is 1. The number of hydrogen-bond donors (Lipinski definition) is 1. The van der Waals surface area contributed by atoms with E-state index in [4.69, 9.17) is 5.73 Å². The summed E-state index contributed by atoms with van der Waals surface area (Å²) in [5, 5.41) is 0. The van der Waals surface area contributed by atoms with Crippen LogP contribution < -0.4 is 5.73 Å². The molecule has 1 heterocycles. The van der Waals surface area contributed by atoms with Crippen molar-refractivity contribution >= 4 is 12.0 Å². The van der Waals surface area contributed by atoms with Crippen LogP contribution in [0.4, 0.5) is 18.9 Å². The van der Waals surface area contributed by atoms with E-state index in [2.05, 4.69) is 4.98 Å². The van der Waals surface area contributed by atoms with Crippen molar-refractivity contribution in [2.75, 3.05) is 5.73 Å². The molecule has 2 N–H and O–H groups in total. The van der Waals surface area contributed by atoms with E-state index >= 15 is 0 Å². The molecule has 0 amide bonds. The largest absolute Gasteiger partial charge is 0.394 e. The molecular formula is C7H5F3N2O. The van der Waals surface area contributed by atoms with E-state index < -0.39 is 23.5 Å². The van der Waals surface area contributed by atoms with Gasteiger partial charge in [-0.1, -0.05) is 0 Å². The molecular weight excluding hydrogens is 185 g/mol. The Labute approximate surface area is 71.4 Å². The molecule has 0 atom stereocenters. The van der Waals surface area contributed by atoms with Crippen LogP contribution in [-0.2, 0) is 0 Å². The predicted octanol–water partition coefficient (Wildman–Crippen LogP) is 1.55. The lowest BCUT2D eigenvalue weighted by molar-refractivity contribution is 0.111. The number of halogens is 3. The second-order valence-corrected chi connectivity index (χ2v) is 2.24. The minimum absolute atomic E-state index is 0.202. The molecule has 0 saturated carbocycles. The van der Waals surface area contributed by atoms with E-state index in [1.54, 1.807) is 0 Å². The maximum absolute atomic E-state index is 12.9. The van der Waals surface area contributed by atoms with Gasteiger partial charge >= 0.3 is 0 Å². The van der Waals surface area contributed by atoms with Gasteiger partial charge in [-0.05, 0) is 0 Å². The Balaban J connectivity index is 3.31. The van der Waals surface area contributed by atoms with Crippen molar-refractivity contribution < 1.29 is 18.0 Å². The molecule has 70 valence electrons. The van der Waals surface area contributed by atoms with Gasteiger partial charge in [0.1, 0.15) is 5.69 Å². The number of nitrogens with two attached hydrogens (primary N) is 1. The third-order valence-electron chi connectivity index (χ3n) is 1.46. The van der Waals surface area contributed by atoms with Gasteiger partial charge in [0.15, 0.2) is 12.1 Å². The Morgan fingerprint density at radius 2 is 2.15 bits per heavy atom. The van der Waals surface area contributed by atoms with E-state index in [0.29, 0.717) is 6.20 Å². The summed E-state index contributed by atoms with van der Waals surface area (Å²) in [6, 6.07) is 0. The van der Waals surface area contributed by atoms with Crippen molar-refractivity contribution in [1.82, 2.24) is 4.98 Å². The van der Waals surface area contributed by atoms with Gasteiger partial charge in [0, 0.05) is 6.20 Å². The average molecular weight is 190 g/mol. The summed E-state index contributed by atoms with van der Waals surface area (Å²) >= 11 is 0. The SMILES string of the molecule is Nc1c(C=O)ncc(C(F)F)c1F. The molecule has 13 heavy (non-hydrogen) atoms. The predicted molar refractivity (Wildman–Crippen MR) is 39.0 cm³/mol. The normalized spacial score (nSPS) is 10.5. The number of carbonyl (C=O) groups excluding carboxylic acids is 1. The first-order chi connectivity index (χ1) is 6.07. The minimum atomic E-state index is -2.99. The standard InChI is InChI=1S/C7H5F3N2O/c8-5-3(7(9)10)1-12-4(2-13)6(5)11/h1-2,7H,11H2. The number of nitrogens with zero attached hydrogens (tertiary/aromatic N) is 1. The number of anilines is 1. The zero-order valence-corrected chi connectivity index (χ0v) is 6.30. The van der Waals surface area contributed by atoms with Gasteiger partial charge in [0.2, 0.25) is 0 Å². The fourth-order valence-corrected chi connectivity index (χ4v) is 0.779. The second-order valence-electron chi connectivity index (χ2n) is 2.24. The Bertz CT molecular complexity index is 341. The molecule has 0 fully saturated rings. The van der Waals surface area contributed by atoms with Gasteiger partial charge in [0.25, 0.3) is 6.43 Å². The summed E-state index contributed by atoms with van der Waals surface area (Å²) in [7, 11) is 0. The van der Waals surface area contributed by atoms with Crippen molar-refractivity contribution in [3.63, 3.8) is 0 Å². The molecule has 0 saturated heterocycles. The van der Waals surface area contributed by atoms with Crippen LogP contribution in [0.15, 0.2) is 6.20 Å². The highest BCUT2D eigenvalue weighted by atomic mass is 19.3. The Morgan fingerprint density at radius 1 is 1.54 bits per heavy atom. The van der Waals surface area contributed by atoms with Crippen LogP contribution in [0.1, 0.15) is 22.5 Å². The van der Waals surface area contributed by atoms with Gasteiger partial charge in [-0.3, -0.25) is 9.78 Å². The van der Waals surface area contributed by atoms with E-state index in [1.807, 2.05) is 0 Å². The summed E-state index contributed by atoms with van der Waals surface area (Å²) < 4.78 is 36.9. The Morgan fingerprint density at radius 3 is 2.62 bits per heavy atom. The molecule has 1 aromatic rings. The van der Waals surface area contributed by atoms with Crippen molar-refractivity contribution in [3.8, 4) is 0 Å². The lowest BCUT2D eigenvalue weighted by Crippen LogP contribution is -2.04. The first-order valence-corrected chi connectivity index (χ1v) is 3.25. The molecule has 6 heteroatoms. The highest BCUT2D eigenvalue weighted by molar-refractivity contribution is 5.80. The number of aromatic nitrogens is 1. The van der Waals surface area contributed by atoms with Crippen LogP contribution in [0.3, 0.4) is 0 Å². The molecule has 0 aromatic carbocycles. The maximum atomic E-state index is 12.9. The van der Waals surface area contributed by atoms with Gasteiger partial charge in [-0.2, -0.15) is 0 Å². The van der Waals surface area contributed by atoms with Crippen LogP contribution in [0.25, 0.3) is 0 Å². The maximum Gasteiger partial charge on any atom is 0.268 e. The number of aldehydes is 1. The summed E-state index contributed by atoms with van der Waals surface area (Å²) in [5.74, 6) is -1.29. The van der Waals surface area contributed by atoms with Crippen LogP contribution in [-0.4, -0.2) is 11.3 Å². The van der Waals surface area contributed by atoms with Crippen LogP contribution >= 0.6 is 0 Å². The highest BCUT2D eigenvalue weighted by Gasteiger charge is 2.18. The molecule has 0 spiro atoms. The first-order valence-electron chi connectivity index (χ1n) is 3.25. The lowest BCUT2D eigenvalue weighted by Gasteiger charge is -2.04. The van der Waals surface area contributed by atoms with Gasteiger partial charge < -0.3 is 5.73 Å². The number of hydrogen-bond acceptors (Lipinski definition) is 3. The summed E-state index contributed by atoms with van der Waals surface area (Å²) in [4.78, 5) is 13.4. The molecule has 0 unspecified atom stereocenters. The van der Waals surface area contributed by atoms with E-state index in [-0.39, 0.29) is 12.0 Å². The summed E-state index contributed by atoms with van der Waals surface area (Å²) in [5.41, 5.74) is 3.11. The molecule has 0 bridgehead atoms. The second kappa shape index (κ2) is 3.42. The van der Waals surface area contributed by atoms with Gasteiger partial charge in [0.05, 0.1) is 11.3 Å². The molecule has 0 radical (unpaired) electrons. The summed E-state index contributed by atoms with van der Waals surface area (Å²) in [6.07, 6.45) is -2.19. The molecule has 0 aliphatic carbocycles. The van der Waals surface area contributed by atoms with Gasteiger partial charge in [-0.15, -0.1) is 0 Å². The number of alkyl halides is 2. The first kappa shape index (κ1) is 9.50. The molecule has 1 rings (SSSR count). The lowest BCUT2D eigenvalue weighted by atomic mass is 10.2. The molecule has 3 nitrogen and oxygen atoms in total. The molecule has 1 aromatic heterocycles. The third kappa shape index (κ3) is 1.61. The fourth-order valence-electron chi connectivity index (χ4n) is 0.779. The topological polar surface area (TPSA) is 56.0 Å². The van der Waals surface area contributed by atoms with E-state index in [1.165, 1.54) is 0 Å². The fraction of sp³-hybridized carbons (Fsp3) is 0.143. The monoisotopic (exact) mass is 190 g/mol. The van der Waals surface area contributed by atoms with Crippen LogP contribution in [0, 0.1) is 5.82 Å². The molecule has 0 aliphatic rings. The van der Waals surface area contributed by atoms with E-state index in [0.717, 1.165) is 0 Å². The quantitative estimate of drug-likeness (QED) is 0.720. The van der Waals surface area contributed by atoms with Crippen molar-refractivity contribution in [2.24, 2.45) is 0 Å². The molecule has 0 aliphatic heterocycles. The highest BCUT2D eigenvalue weighted by Crippen LogP contribution is 2.25. The van der Waals surface area contributed by atoms with Crippen LogP contribution in [0.2, 0.25) is 0 Å². The summed E-state index contributed by atoms with van der Waals surface area (Å²) in [6.45, 7) is 0. The van der Waals surface area contributed by atoms with Gasteiger partial charge in [-0.25, -0.2) is 13.2 Å². The number of pyridine rings is 1. The van der Waals surface area contributed by atoms with Crippen LogP contribution in [0.5, 0.6) is 0 Å². The van der Waals surface area contributed by atoms with Crippen molar-refractivity contribution in [2.45, 2.75) is 6.43 Å². The van der Waals surface area contributed by atoms with Crippen molar-refractivity contribution in [1.29, 1.82) is 0 Å². The van der Waals surface area contributed by atoms with Crippen molar-refractivity contribution in [3.05, 3.63) is 23.3 Å². The Hall–Kier alpha value is -1.59. The number of nitrogen functional groups attached to an aromatic ring is 1. The zero-order chi connectivity index (χ0) is 10.0. The minimum Gasteiger partial charge on any atom is -0.394 e. The third-order valence-corrected chi connectivity index (χ3v) is 1.46. The Kier molecular flexibility index (Phi) is 2.50.